The Labute approximate surface area is 192 Å². The molecule has 0 saturated carbocycles. The molecule has 6 nitrogen and oxygen atoms in total. The average molecular weight is 551 g/mol. The van der Waals surface area contributed by atoms with Crippen LogP contribution >= 0.6 is 41.6 Å². The number of hydrogen-bond donors (Lipinski definition) is 4. The summed E-state index contributed by atoms with van der Waals surface area (Å²) in [6.45, 7) is 1.96. The van der Waals surface area contributed by atoms with Crippen LogP contribution in [0, 0.1) is 0 Å². The molecule has 0 atom stereocenters. The molecule has 162 valence electrons. The Hall–Kier alpha value is -0.730. The van der Waals surface area contributed by atoms with Gasteiger partial charge in [-0.25, -0.2) is 0 Å². The van der Waals surface area contributed by atoms with E-state index in [0.717, 1.165) is 36.8 Å². The lowest BCUT2D eigenvalue weighted by Crippen LogP contribution is -2.03. The number of aryl methyl sites for hydroxylation is 1. The third-order valence-electron chi connectivity index (χ3n) is 4.94. The van der Waals surface area contributed by atoms with Gasteiger partial charge in [-0.2, -0.15) is 0 Å². The average Bonchev–Trinajstić information content (AvgIpc) is 2.91. The highest BCUT2D eigenvalue weighted by molar-refractivity contribution is 8.93. The first-order chi connectivity index (χ1) is 12.9. The zero-order valence-corrected chi connectivity index (χ0v) is 20.6. The summed E-state index contributed by atoms with van der Waals surface area (Å²) in [6.07, 6.45) is 2.84. The van der Waals surface area contributed by atoms with Crippen LogP contribution in [0.1, 0.15) is 24.0 Å². The fraction of sp³-hybridized carbons (Fsp3) is 0.400. The van der Waals surface area contributed by atoms with Gasteiger partial charge in [-0.1, -0.05) is 12.1 Å². The van der Waals surface area contributed by atoms with Crippen LogP contribution in [-0.2, 0) is 24.0 Å². The lowest BCUT2D eigenvalue weighted by molar-refractivity contribution is 0.370. The monoisotopic (exact) mass is 549 g/mol. The number of aromatic nitrogens is 1. The van der Waals surface area contributed by atoms with E-state index in [4.69, 9.17) is 21.3 Å². The zero-order valence-electron chi connectivity index (χ0n) is 16.3. The second kappa shape index (κ2) is 11.6. The molecular weight excluding hydrogens is 521 g/mol. The minimum absolute atomic E-state index is 0. The Morgan fingerprint density at radius 3 is 1.72 bits per heavy atom. The second-order valence-electron chi connectivity index (χ2n) is 7.03. The van der Waals surface area contributed by atoms with E-state index < -0.39 is 7.60 Å². The summed E-state index contributed by atoms with van der Waals surface area (Å²) in [4.78, 5) is 18.1. The Morgan fingerprint density at radius 1 is 0.828 bits per heavy atom. The highest BCUT2D eigenvalue weighted by atomic mass is 79.9. The molecule has 1 aromatic heterocycles. The number of hydrogen-bond acceptors (Lipinski definition) is 3. The quantitative estimate of drug-likeness (QED) is 0.238. The van der Waals surface area contributed by atoms with Gasteiger partial charge in [0, 0.05) is 34.5 Å². The predicted molar refractivity (Wildman–Crippen MR) is 132 cm³/mol. The molecule has 3 aromatic rings. The Kier molecular flexibility index (Phi) is 10.5. The SMILES string of the molecule is Br.Br.NCCc1ccc2c(c1)c1cc(CCN)ccc1n2CCCCP(=O)(O)O. The van der Waals surface area contributed by atoms with Crippen molar-refractivity contribution in [3.63, 3.8) is 0 Å². The summed E-state index contributed by atoms with van der Waals surface area (Å²) in [7, 11) is -3.93. The third-order valence-corrected chi connectivity index (χ3v) is 5.84. The zero-order chi connectivity index (χ0) is 19.4. The van der Waals surface area contributed by atoms with Crippen molar-refractivity contribution in [3.05, 3.63) is 47.5 Å². The van der Waals surface area contributed by atoms with Gasteiger partial charge >= 0.3 is 7.60 Å². The van der Waals surface area contributed by atoms with Crippen LogP contribution in [0.25, 0.3) is 21.8 Å². The van der Waals surface area contributed by atoms with Crippen molar-refractivity contribution in [2.24, 2.45) is 11.5 Å². The van der Waals surface area contributed by atoms with E-state index in [1.807, 2.05) is 0 Å². The molecule has 0 radical (unpaired) electrons. The van der Waals surface area contributed by atoms with Gasteiger partial charge in [0.2, 0.25) is 0 Å². The number of unbranched alkanes of at least 4 members (excludes halogenated alkanes) is 1. The topological polar surface area (TPSA) is 114 Å². The van der Waals surface area contributed by atoms with Gasteiger partial charge in [0.15, 0.2) is 0 Å². The van der Waals surface area contributed by atoms with Gasteiger partial charge in [0.1, 0.15) is 0 Å². The lowest BCUT2D eigenvalue weighted by atomic mass is 10.0. The van der Waals surface area contributed by atoms with Crippen molar-refractivity contribution in [1.29, 1.82) is 0 Å². The van der Waals surface area contributed by atoms with E-state index in [0.29, 0.717) is 19.5 Å². The molecule has 0 spiro atoms. The number of nitrogens with two attached hydrogens (primary N) is 2. The molecule has 2 aromatic carbocycles. The molecule has 9 heteroatoms. The fourth-order valence-corrected chi connectivity index (χ4v) is 4.31. The Bertz CT molecular complexity index is 925. The van der Waals surface area contributed by atoms with Crippen molar-refractivity contribution in [1.82, 2.24) is 4.57 Å². The maximum absolute atomic E-state index is 11.1. The summed E-state index contributed by atoms with van der Waals surface area (Å²) in [5.74, 6) is 0. The lowest BCUT2D eigenvalue weighted by Gasteiger charge is -2.09. The molecule has 3 rings (SSSR count). The highest BCUT2D eigenvalue weighted by Gasteiger charge is 2.14. The number of nitrogens with zero attached hydrogens (tertiary/aromatic N) is 1. The van der Waals surface area contributed by atoms with Crippen LogP contribution < -0.4 is 11.5 Å². The molecule has 0 fully saturated rings. The number of benzene rings is 2. The normalized spacial score (nSPS) is 11.4. The number of halogens is 2. The highest BCUT2D eigenvalue weighted by Crippen LogP contribution is 2.36. The van der Waals surface area contributed by atoms with Crippen LogP contribution in [-0.4, -0.2) is 33.6 Å². The Balaban J connectivity index is 0.00000210. The number of fused-ring (bicyclic) bond motifs is 3. The van der Waals surface area contributed by atoms with Gasteiger partial charge in [0.25, 0.3) is 0 Å². The van der Waals surface area contributed by atoms with E-state index in [-0.39, 0.29) is 40.1 Å². The van der Waals surface area contributed by atoms with Crippen LogP contribution in [0.3, 0.4) is 0 Å². The molecule has 6 N–H and O–H groups in total. The molecule has 0 aliphatic rings. The van der Waals surface area contributed by atoms with Gasteiger partial charge in [-0.15, -0.1) is 34.0 Å². The smallest absolute Gasteiger partial charge is 0.325 e. The molecule has 0 aliphatic carbocycles. The van der Waals surface area contributed by atoms with Crippen LogP contribution in [0.2, 0.25) is 0 Å². The molecule has 29 heavy (non-hydrogen) atoms. The van der Waals surface area contributed by atoms with Crippen molar-refractivity contribution < 1.29 is 14.4 Å². The van der Waals surface area contributed by atoms with E-state index in [1.54, 1.807) is 0 Å². The molecule has 0 aliphatic heterocycles. The first-order valence-electron chi connectivity index (χ1n) is 9.41. The molecule has 1 heterocycles. The molecule has 0 amide bonds. The predicted octanol–water partition coefficient (Wildman–Crippen LogP) is 3.91. The van der Waals surface area contributed by atoms with E-state index in [1.165, 1.54) is 21.9 Å². The van der Waals surface area contributed by atoms with Crippen molar-refractivity contribution in [2.75, 3.05) is 19.3 Å². The van der Waals surface area contributed by atoms with E-state index >= 15 is 0 Å². The third kappa shape index (κ3) is 6.62. The first-order valence-corrected chi connectivity index (χ1v) is 11.2. The summed E-state index contributed by atoms with van der Waals surface area (Å²) in [6, 6.07) is 12.9. The first kappa shape index (κ1) is 26.3. The van der Waals surface area contributed by atoms with Crippen LogP contribution in [0.5, 0.6) is 0 Å². The standard InChI is InChI=1S/C20H28N3O3P.2BrH/c21-9-7-15-3-5-19-17(13-15)18-14-16(8-10-22)4-6-20(18)23(19)11-1-2-12-27(24,25)26;;/h3-6,13-14H,1-2,7-12,21-22H2,(H2,24,25,26);2*1H. The minimum Gasteiger partial charge on any atom is -0.340 e. The van der Waals surface area contributed by atoms with E-state index in [2.05, 4.69) is 41.0 Å². The Morgan fingerprint density at radius 2 is 1.31 bits per heavy atom. The number of rotatable bonds is 9. The second-order valence-corrected chi connectivity index (χ2v) is 8.80. The van der Waals surface area contributed by atoms with Crippen molar-refractivity contribution in [3.8, 4) is 0 Å². The van der Waals surface area contributed by atoms with Gasteiger partial charge in [0.05, 0.1) is 0 Å². The molecule has 0 saturated heterocycles. The fourth-order valence-electron chi connectivity index (χ4n) is 3.67. The summed E-state index contributed by atoms with van der Waals surface area (Å²) >= 11 is 0. The van der Waals surface area contributed by atoms with Crippen LogP contribution in [0.15, 0.2) is 36.4 Å². The molecule has 0 unspecified atom stereocenters. The van der Waals surface area contributed by atoms with Gasteiger partial charge in [-0.3, -0.25) is 4.57 Å². The largest absolute Gasteiger partial charge is 0.340 e. The van der Waals surface area contributed by atoms with Crippen LogP contribution in [0.4, 0.5) is 0 Å². The minimum atomic E-state index is -3.93. The van der Waals surface area contributed by atoms with Gasteiger partial charge in [-0.05, 0) is 74.2 Å². The molecule has 0 bridgehead atoms. The van der Waals surface area contributed by atoms with Gasteiger partial charge < -0.3 is 25.8 Å². The van der Waals surface area contributed by atoms with Crippen molar-refractivity contribution in [2.45, 2.75) is 32.2 Å². The molecular formula is C20H30Br2N3O3P. The van der Waals surface area contributed by atoms with E-state index in [9.17, 15) is 4.57 Å². The van der Waals surface area contributed by atoms with Crippen molar-refractivity contribution >= 4 is 63.4 Å². The maximum atomic E-state index is 11.1. The summed E-state index contributed by atoms with van der Waals surface area (Å²) in [5.41, 5.74) is 16.2. The maximum Gasteiger partial charge on any atom is 0.325 e. The summed E-state index contributed by atoms with van der Waals surface area (Å²) in [5, 5.41) is 2.40. The summed E-state index contributed by atoms with van der Waals surface area (Å²) < 4.78 is 13.3.